The zero-order valence-corrected chi connectivity index (χ0v) is 18.1. The molecule has 1 aliphatic carbocycles. The summed E-state index contributed by atoms with van der Waals surface area (Å²) >= 11 is 3.36. The summed E-state index contributed by atoms with van der Waals surface area (Å²) in [5, 5.41) is 14.9. The van der Waals surface area contributed by atoms with E-state index in [2.05, 4.69) is 21.0 Å². The van der Waals surface area contributed by atoms with E-state index in [1.807, 2.05) is 12.1 Å². The van der Waals surface area contributed by atoms with Crippen molar-refractivity contribution in [1.82, 2.24) is 9.78 Å². The highest BCUT2D eigenvalue weighted by Gasteiger charge is 2.27. The lowest BCUT2D eigenvalue weighted by Crippen LogP contribution is -2.19. The van der Waals surface area contributed by atoms with Gasteiger partial charge < -0.3 is 9.84 Å². The predicted molar refractivity (Wildman–Crippen MR) is 116 cm³/mol. The van der Waals surface area contributed by atoms with Crippen molar-refractivity contribution in [3.05, 3.63) is 69.3 Å². The number of aromatic hydroxyl groups is 1. The van der Waals surface area contributed by atoms with Crippen LogP contribution in [0.25, 0.3) is 11.3 Å². The molecule has 0 amide bonds. The van der Waals surface area contributed by atoms with Gasteiger partial charge in [-0.3, -0.25) is 4.79 Å². The van der Waals surface area contributed by atoms with Crippen molar-refractivity contribution >= 4 is 27.8 Å². The van der Waals surface area contributed by atoms with Gasteiger partial charge in [0.05, 0.1) is 29.1 Å². The smallest absolute Gasteiger partial charge is 0.338 e. The number of hydrogen-bond acceptors (Lipinski definition) is 5. The van der Waals surface area contributed by atoms with Crippen molar-refractivity contribution in [2.24, 2.45) is 0 Å². The fourth-order valence-corrected chi connectivity index (χ4v) is 4.33. The number of fused-ring (bicyclic) bond motifs is 1. The van der Waals surface area contributed by atoms with E-state index in [4.69, 9.17) is 4.74 Å². The Morgan fingerprint density at radius 1 is 1.13 bits per heavy atom. The number of benzene rings is 2. The highest BCUT2D eigenvalue weighted by Crippen LogP contribution is 2.34. The normalized spacial score (nSPS) is 13.0. The first-order valence-corrected chi connectivity index (χ1v) is 10.7. The molecule has 0 fully saturated rings. The Kier molecular flexibility index (Phi) is 5.72. The van der Waals surface area contributed by atoms with E-state index in [0.29, 0.717) is 16.6 Å². The molecule has 0 unspecified atom stereocenters. The van der Waals surface area contributed by atoms with Crippen LogP contribution < -0.4 is 0 Å². The molecule has 0 radical (unpaired) electrons. The summed E-state index contributed by atoms with van der Waals surface area (Å²) in [6, 6.07) is 12.0. The highest BCUT2D eigenvalue weighted by molar-refractivity contribution is 9.10. The van der Waals surface area contributed by atoms with Crippen molar-refractivity contribution in [1.29, 1.82) is 0 Å². The Morgan fingerprint density at radius 3 is 2.57 bits per heavy atom. The number of hydrogen-bond donors (Lipinski definition) is 1. The number of phenolic OH excluding ortho intramolecular Hbond substituents is 1. The van der Waals surface area contributed by atoms with Crippen LogP contribution in [0.5, 0.6) is 5.75 Å². The third-order valence-corrected chi connectivity index (χ3v) is 5.91. The molecule has 1 heterocycles. The van der Waals surface area contributed by atoms with Crippen LogP contribution in [0.4, 0.5) is 0 Å². The Morgan fingerprint density at radius 2 is 1.87 bits per heavy atom. The standard InChI is InChI=1S/C23H21BrN2O4/c1-2-30-23(29)15-12-10-14(11-13-15)21-16-6-3-4-8-18(16)26(25-21)22(28)20-17(24)7-5-9-19(20)27/h5,7,9-13,27H,2-4,6,8H2,1H3. The number of rotatable bonds is 4. The molecule has 7 heteroatoms. The third kappa shape index (κ3) is 3.65. The van der Waals surface area contributed by atoms with Crippen molar-refractivity contribution in [2.75, 3.05) is 6.61 Å². The van der Waals surface area contributed by atoms with E-state index < -0.39 is 0 Å². The first-order chi connectivity index (χ1) is 14.5. The second-order valence-electron chi connectivity index (χ2n) is 7.13. The Bertz CT molecular complexity index is 1100. The van der Waals surface area contributed by atoms with Crippen LogP contribution in [0.3, 0.4) is 0 Å². The molecule has 0 bridgehead atoms. The van der Waals surface area contributed by atoms with Crippen LogP contribution >= 0.6 is 15.9 Å². The molecule has 0 atom stereocenters. The molecule has 0 spiro atoms. The molecule has 0 saturated heterocycles. The SMILES string of the molecule is CCOC(=O)c1ccc(-c2nn(C(=O)c3c(O)cccc3Br)c3c2CCCC3)cc1. The molecule has 1 N–H and O–H groups in total. The van der Waals surface area contributed by atoms with E-state index in [1.165, 1.54) is 10.7 Å². The van der Waals surface area contributed by atoms with Gasteiger partial charge in [-0.1, -0.05) is 18.2 Å². The molecule has 4 rings (SSSR count). The monoisotopic (exact) mass is 468 g/mol. The summed E-state index contributed by atoms with van der Waals surface area (Å²) in [6.45, 7) is 2.09. The molecule has 0 aliphatic heterocycles. The van der Waals surface area contributed by atoms with Crippen molar-refractivity contribution in [2.45, 2.75) is 32.6 Å². The maximum atomic E-state index is 13.3. The van der Waals surface area contributed by atoms with Crippen LogP contribution in [-0.4, -0.2) is 33.4 Å². The van der Waals surface area contributed by atoms with E-state index in [0.717, 1.165) is 48.2 Å². The molecule has 154 valence electrons. The topological polar surface area (TPSA) is 81.4 Å². The average molecular weight is 469 g/mol. The maximum Gasteiger partial charge on any atom is 0.338 e. The summed E-state index contributed by atoms with van der Waals surface area (Å²) in [5.74, 6) is -0.821. The summed E-state index contributed by atoms with van der Waals surface area (Å²) in [6.07, 6.45) is 3.59. The number of esters is 1. The summed E-state index contributed by atoms with van der Waals surface area (Å²) in [4.78, 5) is 25.2. The zero-order valence-electron chi connectivity index (χ0n) is 16.5. The van der Waals surface area contributed by atoms with Gasteiger partial charge in [0.25, 0.3) is 5.91 Å². The second-order valence-corrected chi connectivity index (χ2v) is 7.98. The van der Waals surface area contributed by atoms with Crippen LogP contribution in [0.2, 0.25) is 0 Å². The number of halogens is 1. The van der Waals surface area contributed by atoms with Gasteiger partial charge in [0.15, 0.2) is 0 Å². The number of phenols is 1. The Labute approximate surface area is 182 Å². The number of carbonyl (C=O) groups excluding carboxylic acids is 2. The number of nitrogens with zero attached hydrogens (tertiary/aromatic N) is 2. The minimum atomic E-state index is -0.368. The van der Waals surface area contributed by atoms with Crippen LogP contribution in [0.1, 0.15) is 51.7 Å². The van der Waals surface area contributed by atoms with Crippen LogP contribution in [0.15, 0.2) is 46.9 Å². The van der Waals surface area contributed by atoms with Crippen molar-refractivity contribution in [3.8, 4) is 17.0 Å². The van der Waals surface area contributed by atoms with Crippen molar-refractivity contribution in [3.63, 3.8) is 0 Å². The molecular formula is C23H21BrN2O4. The largest absolute Gasteiger partial charge is 0.507 e. The first kappa shape index (κ1) is 20.3. The highest BCUT2D eigenvalue weighted by atomic mass is 79.9. The molecule has 1 aliphatic rings. The van der Waals surface area contributed by atoms with Crippen LogP contribution in [-0.2, 0) is 17.6 Å². The molecular weight excluding hydrogens is 448 g/mol. The average Bonchev–Trinajstić information content (AvgIpc) is 3.13. The molecule has 30 heavy (non-hydrogen) atoms. The fraction of sp³-hybridized carbons (Fsp3) is 0.261. The van der Waals surface area contributed by atoms with E-state index in [-0.39, 0.29) is 23.2 Å². The van der Waals surface area contributed by atoms with Gasteiger partial charge in [0.2, 0.25) is 0 Å². The van der Waals surface area contributed by atoms with Gasteiger partial charge in [0, 0.05) is 15.6 Å². The molecule has 2 aromatic carbocycles. The first-order valence-electron chi connectivity index (χ1n) is 9.91. The van der Waals surface area contributed by atoms with Crippen LogP contribution in [0, 0.1) is 0 Å². The molecule has 6 nitrogen and oxygen atoms in total. The maximum absolute atomic E-state index is 13.3. The van der Waals surface area contributed by atoms with Gasteiger partial charge >= 0.3 is 5.97 Å². The molecule has 3 aromatic rings. The summed E-state index contributed by atoms with van der Waals surface area (Å²) < 4.78 is 6.98. The van der Waals surface area contributed by atoms with E-state index >= 15 is 0 Å². The quantitative estimate of drug-likeness (QED) is 0.558. The Balaban J connectivity index is 1.77. The number of aromatic nitrogens is 2. The van der Waals surface area contributed by atoms with Gasteiger partial charge in [-0.05, 0) is 72.8 Å². The zero-order chi connectivity index (χ0) is 21.3. The van der Waals surface area contributed by atoms with Gasteiger partial charge in [-0.15, -0.1) is 0 Å². The summed E-state index contributed by atoms with van der Waals surface area (Å²) in [7, 11) is 0. The predicted octanol–water partition coefficient (Wildman–Crippen LogP) is 4.76. The Hall–Kier alpha value is -2.93. The van der Waals surface area contributed by atoms with Gasteiger partial charge in [0.1, 0.15) is 5.75 Å². The number of ether oxygens (including phenoxy) is 1. The van der Waals surface area contributed by atoms with Gasteiger partial charge in [-0.2, -0.15) is 9.78 Å². The van der Waals surface area contributed by atoms with E-state index in [1.54, 1.807) is 31.2 Å². The minimum Gasteiger partial charge on any atom is -0.507 e. The third-order valence-electron chi connectivity index (χ3n) is 5.25. The second kappa shape index (κ2) is 8.44. The molecule has 0 saturated carbocycles. The number of carbonyl (C=O) groups is 2. The minimum absolute atomic E-state index is 0.0882. The van der Waals surface area contributed by atoms with Gasteiger partial charge in [-0.25, -0.2) is 4.79 Å². The lowest BCUT2D eigenvalue weighted by atomic mass is 9.93. The van der Waals surface area contributed by atoms with E-state index in [9.17, 15) is 14.7 Å². The fourth-order valence-electron chi connectivity index (χ4n) is 3.81. The lowest BCUT2D eigenvalue weighted by Gasteiger charge is -2.14. The lowest BCUT2D eigenvalue weighted by molar-refractivity contribution is 0.0526. The van der Waals surface area contributed by atoms with Crippen molar-refractivity contribution < 1.29 is 19.4 Å². The molecule has 1 aromatic heterocycles. The summed E-state index contributed by atoms with van der Waals surface area (Å²) in [5.41, 5.74) is 4.17.